The van der Waals surface area contributed by atoms with Gasteiger partial charge in [0.05, 0.1) is 6.61 Å². The Morgan fingerprint density at radius 1 is 1.25 bits per heavy atom. The summed E-state index contributed by atoms with van der Waals surface area (Å²) < 4.78 is 11.0. The number of aryl methyl sites for hydroxylation is 2. The Balaban J connectivity index is 1.59. The standard InChI is InChI=1S/C15H19N3O2/c1-18-9-10-19-13(11-18)15-16-14(20-17-15)8-7-12-5-3-2-4-6-12/h2-6,13H,7-11H2,1H3. The maximum atomic E-state index is 5.68. The van der Waals surface area contributed by atoms with E-state index >= 15 is 0 Å². The number of ether oxygens (including phenoxy) is 1. The summed E-state index contributed by atoms with van der Waals surface area (Å²) in [7, 11) is 2.08. The van der Waals surface area contributed by atoms with E-state index < -0.39 is 0 Å². The lowest BCUT2D eigenvalue weighted by atomic mass is 10.1. The van der Waals surface area contributed by atoms with Gasteiger partial charge in [-0.3, -0.25) is 0 Å². The molecule has 1 atom stereocenters. The summed E-state index contributed by atoms with van der Waals surface area (Å²) in [6, 6.07) is 10.3. The van der Waals surface area contributed by atoms with E-state index in [2.05, 4.69) is 34.2 Å². The third-order valence-electron chi connectivity index (χ3n) is 3.51. The van der Waals surface area contributed by atoms with Crippen LogP contribution in [0.2, 0.25) is 0 Å². The minimum absolute atomic E-state index is 0.0667. The topological polar surface area (TPSA) is 51.4 Å². The maximum Gasteiger partial charge on any atom is 0.227 e. The second-order valence-corrected chi connectivity index (χ2v) is 5.15. The Hall–Kier alpha value is -1.72. The van der Waals surface area contributed by atoms with Crippen molar-refractivity contribution >= 4 is 0 Å². The van der Waals surface area contributed by atoms with Crippen molar-refractivity contribution in [1.29, 1.82) is 0 Å². The Morgan fingerprint density at radius 3 is 2.90 bits per heavy atom. The van der Waals surface area contributed by atoms with Crippen LogP contribution in [0.15, 0.2) is 34.9 Å². The second kappa shape index (κ2) is 6.15. The van der Waals surface area contributed by atoms with Gasteiger partial charge in [-0.05, 0) is 19.0 Å². The van der Waals surface area contributed by atoms with Gasteiger partial charge in [0, 0.05) is 19.5 Å². The third kappa shape index (κ3) is 3.23. The van der Waals surface area contributed by atoms with Crippen molar-refractivity contribution in [1.82, 2.24) is 15.0 Å². The lowest BCUT2D eigenvalue weighted by molar-refractivity contribution is -0.0264. The summed E-state index contributed by atoms with van der Waals surface area (Å²) in [6.45, 7) is 2.49. The first-order chi connectivity index (χ1) is 9.81. The number of rotatable bonds is 4. The number of hydrogen-bond acceptors (Lipinski definition) is 5. The molecule has 1 aliphatic heterocycles. The van der Waals surface area contributed by atoms with Crippen LogP contribution in [0, 0.1) is 0 Å². The molecule has 1 unspecified atom stereocenters. The van der Waals surface area contributed by atoms with Crippen LogP contribution in [0.4, 0.5) is 0 Å². The lowest BCUT2D eigenvalue weighted by Gasteiger charge is -2.27. The number of hydrogen-bond donors (Lipinski definition) is 0. The van der Waals surface area contributed by atoms with Gasteiger partial charge < -0.3 is 14.2 Å². The van der Waals surface area contributed by atoms with Crippen molar-refractivity contribution in [2.75, 3.05) is 26.7 Å². The molecule has 0 bridgehead atoms. The van der Waals surface area contributed by atoms with Crippen LogP contribution in [0.5, 0.6) is 0 Å². The largest absolute Gasteiger partial charge is 0.367 e. The molecule has 5 heteroatoms. The molecule has 0 N–H and O–H groups in total. The quantitative estimate of drug-likeness (QED) is 0.851. The molecular formula is C15H19N3O2. The predicted octanol–water partition coefficient (Wildman–Crippen LogP) is 1.86. The molecule has 20 heavy (non-hydrogen) atoms. The average molecular weight is 273 g/mol. The summed E-state index contributed by atoms with van der Waals surface area (Å²) in [5.41, 5.74) is 1.28. The molecule has 0 spiro atoms. The molecule has 0 saturated carbocycles. The fourth-order valence-corrected chi connectivity index (χ4v) is 2.33. The first-order valence-electron chi connectivity index (χ1n) is 6.98. The van der Waals surface area contributed by atoms with Crippen LogP contribution in [0.3, 0.4) is 0 Å². The van der Waals surface area contributed by atoms with E-state index in [0.29, 0.717) is 11.7 Å². The van der Waals surface area contributed by atoms with Crippen LogP contribution < -0.4 is 0 Å². The van der Waals surface area contributed by atoms with Crippen LogP contribution in [0.25, 0.3) is 0 Å². The number of likely N-dealkylation sites (N-methyl/N-ethyl adjacent to an activating group) is 1. The van der Waals surface area contributed by atoms with Crippen LogP contribution in [0.1, 0.15) is 23.4 Å². The molecule has 1 aromatic carbocycles. The van der Waals surface area contributed by atoms with Crippen molar-refractivity contribution in [3.05, 3.63) is 47.6 Å². The van der Waals surface area contributed by atoms with Gasteiger partial charge in [0.1, 0.15) is 6.10 Å². The van der Waals surface area contributed by atoms with E-state index in [0.717, 1.165) is 32.5 Å². The van der Waals surface area contributed by atoms with Crippen molar-refractivity contribution in [2.45, 2.75) is 18.9 Å². The van der Waals surface area contributed by atoms with Crippen molar-refractivity contribution < 1.29 is 9.26 Å². The van der Waals surface area contributed by atoms with E-state index in [-0.39, 0.29) is 6.10 Å². The smallest absolute Gasteiger partial charge is 0.227 e. The Bertz CT molecular complexity index is 541. The van der Waals surface area contributed by atoms with Crippen LogP contribution in [-0.4, -0.2) is 41.8 Å². The number of aromatic nitrogens is 2. The Morgan fingerprint density at radius 2 is 2.10 bits per heavy atom. The maximum absolute atomic E-state index is 5.68. The van der Waals surface area contributed by atoms with Gasteiger partial charge >= 0.3 is 0 Å². The summed E-state index contributed by atoms with van der Waals surface area (Å²) in [6.07, 6.45) is 1.61. The summed E-state index contributed by atoms with van der Waals surface area (Å²) in [5, 5.41) is 4.05. The molecule has 1 fully saturated rings. The molecule has 2 aromatic rings. The summed E-state index contributed by atoms with van der Waals surface area (Å²) >= 11 is 0. The van der Waals surface area contributed by atoms with Crippen molar-refractivity contribution in [3.8, 4) is 0 Å². The van der Waals surface area contributed by atoms with Gasteiger partial charge in [-0.15, -0.1) is 0 Å². The Kier molecular flexibility index (Phi) is 4.08. The number of morpholine rings is 1. The highest BCUT2D eigenvalue weighted by atomic mass is 16.5. The normalized spacial score (nSPS) is 20.1. The van der Waals surface area contributed by atoms with E-state index in [1.54, 1.807) is 0 Å². The number of benzene rings is 1. The number of nitrogens with zero attached hydrogens (tertiary/aromatic N) is 3. The highest BCUT2D eigenvalue weighted by molar-refractivity contribution is 5.15. The minimum atomic E-state index is -0.0667. The third-order valence-corrected chi connectivity index (χ3v) is 3.51. The molecule has 2 heterocycles. The molecule has 106 valence electrons. The Labute approximate surface area is 118 Å². The predicted molar refractivity (Wildman–Crippen MR) is 74.3 cm³/mol. The molecule has 0 radical (unpaired) electrons. The van der Waals surface area contributed by atoms with Gasteiger partial charge in [-0.1, -0.05) is 35.5 Å². The zero-order valence-electron chi connectivity index (χ0n) is 11.7. The fraction of sp³-hybridized carbons (Fsp3) is 0.467. The molecule has 5 nitrogen and oxygen atoms in total. The van der Waals surface area contributed by atoms with Crippen molar-refractivity contribution in [3.63, 3.8) is 0 Å². The van der Waals surface area contributed by atoms with E-state index in [1.807, 2.05) is 18.2 Å². The summed E-state index contributed by atoms with van der Waals surface area (Å²) in [5.74, 6) is 1.35. The molecule has 0 aliphatic carbocycles. The lowest BCUT2D eigenvalue weighted by Crippen LogP contribution is -2.35. The summed E-state index contributed by atoms with van der Waals surface area (Å²) in [4.78, 5) is 6.67. The van der Waals surface area contributed by atoms with Gasteiger partial charge in [0.25, 0.3) is 0 Å². The SMILES string of the molecule is CN1CCOC(c2noc(CCc3ccccc3)n2)C1. The molecule has 3 rings (SSSR count). The first kappa shape index (κ1) is 13.3. The second-order valence-electron chi connectivity index (χ2n) is 5.15. The highest BCUT2D eigenvalue weighted by Gasteiger charge is 2.24. The van der Waals surface area contributed by atoms with Crippen LogP contribution in [-0.2, 0) is 17.6 Å². The monoisotopic (exact) mass is 273 g/mol. The molecule has 1 aliphatic rings. The van der Waals surface area contributed by atoms with E-state index in [9.17, 15) is 0 Å². The molecular weight excluding hydrogens is 254 g/mol. The van der Waals surface area contributed by atoms with E-state index in [1.165, 1.54) is 5.56 Å². The average Bonchev–Trinajstić information content (AvgIpc) is 2.95. The zero-order valence-corrected chi connectivity index (χ0v) is 11.7. The van der Waals surface area contributed by atoms with Gasteiger partial charge in [0.2, 0.25) is 11.7 Å². The zero-order chi connectivity index (χ0) is 13.8. The van der Waals surface area contributed by atoms with Crippen molar-refractivity contribution in [2.24, 2.45) is 0 Å². The minimum Gasteiger partial charge on any atom is -0.367 e. The molecule has 0 amide bonds. The molecule has 1 saturated heterocycles. The first-order valence-corrected chi connectivity index (χ1v) is 6.98. The van der Waals surface area contributed by atoms with Gasteiger partial charge in [-0.2, -0.15) is 4.98 Å². The van der Waals surface area contributed by atoms with Gasteiger partial charge in [-0.25, -0.2) is 0 Å². The highest BCUT2D eigenvalue weighted by Crippen LogP contribution is 2.19. The van der Waals surface area contributed by atoms with Crippen LogP contribution >= 0.6 is 0 Å². The van der Waals surface area contributed by atoms with Gasteiger partial charge in [0.15, 0.2) is 0 Å². The van der Waals surface area contributed by atoms with E-state index in [4.69, 9.17) is 9.26 Å². The fourth-order valence-electron chi connectivity index (χ4n) is 2.33. The molecule has 1 aromatic heterocycles.